The number of rotatable bonds is 11. The van der Waals surface area contributed by atoms with E-state index in [-0.39, 0.29) is 23.9 Å². The molecule has 0 aliphatic heterocycles. The van der Waals surface area contributed by atoms with Gasteiger partial charge in [-0.1, -0.05) is 36.8 Å². The molecule has 0 aliphatic rings. The Morgan fingerprint density at radius 1 is 1.06 bits per heavy atom. The van der Waals surface area contributed by atoms with E-state index in [1.807, 2.05) is 31.2 Å². The van der Waals surface area contributed by atoms with Gasteiger partial charge in [0.1, 0.15) is 24.1 Å². The van der Waals surface area contributed by atoms with Crippen molar-refractivity contribution in [1.82, 2.24) is 10.2 Å². The first-order valence-corrected chi connectivity index (χ1v) is 12.7. The number of sulfonamides is 1. The number of ether oxygens (including phenoxy) is 2. The molecule has 9 nitrogen and oxygen atoms in total. The lowest BCUT2D eigenvalue weighted by atomic mass is 10.1. The first kappa shape index (κ1) is 27.0. The monoisotopic (exact) mass is 491 g/mol. The number of benzene rings is 2. The Bertz CT molecular complexity index is 1100. The zero-order chi connectivity index (χ0) is 25.5. The maximum absolute atomic E-state index is 13.6. The van der Waals surface area contributed by atoms with Gasteiger partial charge in [-0.25, -0.2) is 8.42 Å². The first-order valence-electron chi connectivity index (χ1n) is 10.8. The van der Waals surface area contributed by atoms with Gasteiger partial charge in [0.05, 0.1) is 26.2 Å². The molecule has 0 aliphatic carbocycles. The molecule has 2 aromatic rings. The largest absolute Gasteiger partial charge is 0.497 e. The number of amides is 2. The number of nitrogens with one attached hydrogen (secondary N) is 1. The van der Waals surface area contributed by atoms with Gasteiger partial charge in [0, 0.05) is 19.7 Å². The van der Waals surface area contributed by atoms with Crippen LogP contribution < -0.4 is 19.1 Å². The van der Waals surface area contributed by atoms with Gasteiger partial charge >= 0.3 is 0 Å². The summed E-state index contributed by atoms with van der Waals surface area (Å²) < 4.78 is 37.1. The molecule has 0 spiro atoms. The lowest BCUT2D eigenvalue weighted by molar-refractivity contribution is -0.140. The quantitative estimate of drug-likeness (QED) is 0.517. The number of likely N-dealkylation sites (N-methyl/N-ethyl adjacent to an activating group) is 1. The van der Waals surface area contributed by atoms with Crippen LogP contribution in [0.15, 0.2) is 42.5 Å². The number of hydrogen-bond donors (Lipinski definition) is 1. The summed E-state index contributed by atoms with van der Waals surface area (Å²) >= 11 is 0. The third-order valence-electron chi connectivity index (χ3n) is 5.44. The summed E-state index contributed by atoms with van der Waals surface area (Å²) in [7, 11) is 0.483. The lowest BCUT2D eigenvalue weighted by Crippen LogP contribution is -2.51. The van der Waals surface area contributed by atoms with Crippen molar-refractivity contribution < 1.29 is 27.5 Å². The fraction of sp³-hybridized carbons (Fsp3) is 0.417. The van der Waals surface area contributed by atoms with Crippen LogP contribution in [0.4, 0.5) is 5.69 Å². The Morgan fingerprint density at radius 2 is 1.71 bits per heavy atom. The number of anilines is 1. The fourth-order valence-corrected chi connectivity index (χ4v) is 4.41. The number of carbonyl (C=O) groups is 2. The number of aryl methyl sites for hydroxylation is 1. The van der Waals surface area contributed by atoms with Crippen molar-refractivity contribution in [2.75, 3.05) is 38.4 Å². The van der Waals surface area contributed by atoms with Crippen molar-refractivity contribution in [2.24, 2.45) is 0 Å². The van der Waals surface area contributed by atoms with Crippen LogP contribution in [0, 0.1) is 6.92 Å². The molecule has 2 amide bonds. The Labute approximate surface area is 201 Å². The maximum atomic E-state index is 13.6. The Morgan fingerprint density at radius 3 is 2.21 bits per heavy atom. The molecule has 1 N–H and O–H groups in total. The van der Waals surface area contributed by atoms with Crippen LogP contribution in [0.1, 0.15) is 24.5 Å². The van der Waals surface area contributed by atoms with Gasteiger partial charge in [-0.15, -0.1) is 0 Å². The van der Waals surface area contributed by atoms with Crippen LogP contribution in [0.5, 0.6) is 11.5 Å². The molecule has 0 fully saturated rings. The lowest BCUT2D eigenvalue weighted by Gasteiger charge is -2.33. The van der Waals surface area contributed by atoms with E-state index in [2.05, 4.69) is 5.32 Å². The van der Waals surface area contributed by atoms with Crippen molar-refractivity contribution in [2.45, 2.75) is 32.9 Å². The predicted octanol–water partition coefficient (Wildman–Crippen LogP) is 2.33. The summed E-state index contributed by atoms with van der Waals surface area (Å²) in [6.45, 7) is 3.39. The van der Waals surface area contributed by atoms with Crippen molar-refractivity contribution in [3.8, 4) is 11.5 Å². The van der Waals surface area contributed by atoms with E-state index in [1.165, 1.54) is 32.2 Å². The molecule has 0 heterocycles. The minimum Gasteiger partial charge on any atom is -0.497 e. The molecule has 1 unspecified atom stereocenters. The van der Waals surface area contributed by atoms with Crippen molar-refractivity contribution in [1.29, 1.82) is 0 Å². The van der Waals surface area contributed by atoms with Crippen molar-refractivity contribution in [3.63, 3.8) is 0 Å². The zero-order valence-corrected chi connectivity index (χ0v) is 21.3. The average molecular weight is 492 g/mol. The SMILES string of the molecule is CCC(C(=O)NC)N(Cc1ccc(C)cc1)C(=O)CN(c1cc(OC)ccc1OC)S(C)(=O)=O. The second kappa shape index (κ2) is 11.7. The minimum atomic E-state index is -3.89. The number of carbonyl (C=O) groups excluding carboxylic acids is 2. The summed E-state index contributed by atoms with van der Waals surface area (Å²) in [5.41, 5.74) is 2.06. The van der Waals surface area contributed by atoms with Crippen LogP contribution in [-0.2, 0) is 26.2 Å². The molecule has 186 valence electrons. The highest BCUT2D eigenvalue weighted by molar-refractivity contribution is 7.92. The van der Waals surface area contributed by atoms with Crippen molar-refractivity contribution >= 4 is 27.5 Å². The second-order valence-electron chi connectivity index (χ2n) is 7.85. The number of nitrogens with zero attached hydrogens (tertiary/aromatic N) is 2. The van der Waals surface area contributed by atoms with E-state index in [1.54, 1.807) is 19.1 Å². The van der Waals surface area contributed by atoms with Gasteiger partial charge in [0.2, 0.25) is 21.8 Å². The molecule has 34 heavy (non-hydrogen) atoms. The minimum absolute atomic E-state index is 0.151. The van der Waals surface area contributed by atoms with Gasteiger partial charge in [0.25, 0.3) is 0 Å². The molecular formula is C24H33N3O6S. The first-order chi connectivity index (χ1) is 16.0. The molecule has 0 aromatic heterocycles. The van der Waals surface area contributed by atoms with Gasteiger partial charge in [-0.2, -0.15) is 0 Å². The van der Waals surface area contributed by atoms with E-state index < -0.39 is 28.5 Å². The predicted molar refractivity (Wildman–Crippen MR) is 132 cm³/mol. The molecule has 0 saturated carbocycles. The van der Waals surface area contributed by atoms with Crippen LogP contribution in [0.25, 0.3) is 0 Å². The van der Waals surface area contributed by atoms with Crippen LogP contribution >= 0.6 is 0 Å². The Hall–Kier alpha value is -3.27. The Balaban J connectivity index is 2.51. The molecule has 2 rings (SSSR count). The van der Waals surface area contributed by atoms with E-state index in [9.17, 15) is 18.0 Å². The highest BCUT2D eigenvalue weighted by Gasteiger charge is 2.32. The number of hydrogen-bond acceptors (Lipinski definition) is 6. The topological polar surface area (TPSA) is 105 Å². The molecule has 0 bridgehead atoms. The third-order valence-corrected chi connectivity index (χ3v) is 6.57. The third kappa shape index (κ3) is 6.63. The molecule has 0 saturated heterocycles. The van der Waals surface area contributed by atoms with Gasteiger partial charge < -0.3 is 19.7 Å². The second-order valence-corrected chi connectivity index (χ2v) is 9.76. The summed E-state index contributed by atoms with van der Waals surface area (Å²) in [6.07, 6.45) is 1.37. The molecule has 10 heteroatoms. The van der Waals surface area contributed by atoms with Crippen LogP contribution in [0.3, 0.4) is 0 Å². The average Bonchev–Trinajstić information content (AvgIpc) is 2.82. The fourth-order valence-electron chi connectivity index (χ4n) is 3.56. The smallest absolute Gasteiger partial charge is 0.244 e. The molecule has 2 aromatic carbocycles. The number of methoxy groups -OCH3 is 2. The molecular weight excluding hydrogens is 458 g/mol. The van der Waals surface area contributed by atoms with Gasteiger partial charge in [0.15, 0.2) is 0 Å². The summed E-state index contributed by atoms with van der Waals surface area (Å²) in [5, 5.41) is 2.59. The maximum Gasteiger partial charge on any atom is 0.244 e. The normalized spacial score (nSPS) is 11.9. The van der Waals surface area contributed by atoms with Crippen LogP contribution in [-0.4, -0.2) is 65.2 Å². The van der Waals surface area contributed by atoms with Gasteiger partial charge in [-0.05, 0) is 31.0 Å². The van der Waals surface area contributed by atoms with E-state index in [4.69, 9.17) is 9.47 Å². The van der Waals surface area contributed by atoms with Crippen molar-refractivity contribution in [3.05, 3.63) is 53.6 Å². The highest BCUT2D eigenvalue weighted by Crippen LogP contribution is 2.34. The Kier molecular flexibility index (Phi) is 9.31. The standard InChI is InChI=1S/C24H33N3O6S/c1-7-20(24(29)25-3)26(15-18-10-8-17(2)9-11-18)23(28)16-27(34(6,30)31)21-14-19(32-4)12-13-22(21)33-5/h8-14,20H,7,15-16H2,1-6H3,(H,25,29). The summed E-state index contributed by atoms with van der Waals surface area (Å²) in [6, 6.07) is 11.5. The van der Waals surface area contributed by atoms with Crippen LogP contribution in [0.2, 0.25) is 0 Å². The zero-order valence-electron chi connectivity index (χ0n) is 20.5. The molecule has 1 atom stereocenters. The summed E-state index contributed by atoms with van der Waals surface area (Å²) in [4.78, 5) is 27.6. The van der Waals surface area contributed by atoms with E-state index in [0.29, 0.717) is 12.2 Å². The summed E-state index contributed by atoms with van der Waals surface area (Å²) in [5.74, 6) is -0.174. The molecule has 0 radical (unpaired) electrons. The highest BCUT2D eigenvalue weighted by atomic mass is 32.2. The van der Waals surface area contributed by atoms with E-state index >= 15 is 0 Å². The van der Waals surface area contributed by atoms with Gasteiger partial charge in [-0.3, -0.25) is 13.9 Å². The van der Waals surface area contributed by atoms with E-state index in [0.717, 1.165) is 21.7 Å².